The van der Waals surface area contributed by atoms with Gasteiger partial charge in [-0.3, -0.25) is 19.3 Å². The number of para-hydroxylation sites is 1. The molecule has 0 radical (unpaired) electrons. The Labute approximate surface area is 180 Å². The Morgan fingerprint density at radius 1 is 1.07 bits per heavy atom. The third-order valence-corrected chi connectivity index (χ3v) is 6.25. The van der Waals surface area contributed by atoms with E-state index in [0.29, 0.717) is 40.9 Å². The van der Waals surface area contributed by atoms with Gasteiger partial charge in [-0.2, -0.15) is 0 Å². The minimum Gasteiger partial charge on any atom is -0.466 e. The Kier molecular flexibility index (Phi) is 7.08. The number of hydrogen-bond donors (Lipinski definition) is 0. The normalized spacial score (nSPS) is 18.6. The first-order valence-electron chi connectivity index (χ1n) is 9.84. The van der Waals surface area contributed by atoms with Gasteiger partial charge in [0.05, 0.1) is 22.8 Å². The van der Waals surface area contributed by atoms with E-state index < -0.39 is 0 Å². The van der Waals surface area contributed by atoms with Gasteiger partial charge in [-0.1, -0.05) is 55.5 Å². The molecule has 1 aromatic rings. The molecular formula is C21H24N2O4S2. The van der Waals surface area contributed by atoms with Crippen molar-refractivity contribution in [2.45, 2.75) is 39.5 Å². The second-order valence-electron chi connectivity index (χ2n) is 6.76. The number of carbonyl (C=O) groups excluding carboxylic acids is 3. The average molecular weight is 433 g/mol. The predicted octanol–water partition coefficient (Wildman–Crippen LogP) is 3.75. The van der Waals surface area contributed by atoms with Gasteiger partial charge in [0.25, 0.3) is 11.8 Å². The topological polar surface area (TPSA) is 66.9 Å². The highest BCUT2D eigenvalue weighted by molar-refractivity contribution is 8.26. The number of nitrogens with zero attached hydrogens (tertiary/aromatic N) is 2. The summed E-state index contributed by atoms with van der Waals surface area (Å²) in [6.07, 6.45) is 2.55. The van der Waals surface area contributed by atoms with E-state index in [0.717, 1.165) is 24.1 Å². The van der Waals surface area contributed by atoms with Crippen molar-refractivity contribution in [2.24, 2.45) is 0 Å². The number of fused-ring (bicyclic) bond motifs is 1. The first-order chi connectivity index (χ1) is 14.0. The molecule has 2 amide bonds. The van der Waals surface area contributed by atoms with Crippen LogP contribution < -0.4 is 4.90 Å². The molecule has 0 aliphatic carbocycles. The van der Waals surface area contributed by atoms with Gasteiger partial charge >= 0.3 is 5.97 Å². The van der Waals surface area contributed by atoms with Crippen molar-refractivity contribution in [2.75, 3.05) is 24.6 Å². The number of esters is 1. The number of amides is 2. The molecule has 0 saturated carbocycles. The van der Waals surface area contributed by atoms with Crippen LogP contribution in [-0.2, 0) is 19.1 Å². The molecule has 6 nitrogen and oxygen atoms in total. The van der Waals surface area contributed by atoms with E-state index in [1.807, 2.05) is 24.3 Å². The molecule has 2 aliphatic heterocycles. The summed E-state index contributed by atoms with van der Waals surface area (Å²) in [5.41, 5.74) is 2.05. The highest BCUT2D eigenvalue weighted by atomic mass is 32.2. The van der Waals surface area contributed by atoms with Gasteiger partial charge in [-0.25, -0.2) is 0 Å². The SMILES string of the molecule is CCCCN1C(=O)/C(=C2\SC(=S)N(CCCC(=O)OCC)C2=O)c2ccccc21. The van der Waals surface area contributed by atoms with Crippen molar-refractivity contribution in [3.63, 3.8) is 0 Å². The molecule has 154 valence electrons. The summed E-state index contributed by atoms with van der Waals surface area (Å²) in [5.74, 6) is -0.700. The highest BCUT2D eigenvalue weighted by Crippen LogP contribution is 2.44. The highest BCUT2D eigenvalue weighted by Gasteiger charge is 2.41. The van der Waals surface area contributed by atoms with Gasteiger partial charge in [0.1, 0.15) is 4.32 Å². The lowest BCUT2D eigenvalue weighted by molar-refractivity contribution is -0.143. The predicted molar refractivity (Wildman–Crippen MR) is 118 cm³/mol. The van der Waals surface area contributed by atoms with Crippen LogP contribution in [0.1, 0.15) is 45.1 Å². The number of thiocarbonyl (C=S) groups is 1. The van der Waals surface area contributed by atoms with Crippen LogP contribution in [0.2, 0.25) is 0 Å². The summed E-state index contributed by atoms with van der Waals surface area (Å²) in [4.78, 5) is 41.4. The van der Waals surface area contributed by atoms with E-state index in [4.69, 9.17) is 17.0 Å². The number of thioether (sulfide) groups is 1. The molecule has 1 saturated heterocycles. The Bertz CT molecular complexity index is 881. The second-order valence-corrected chi connectivity index (χ2v) is 8.41. The maximum absolute atomic E-state index is 13.2. The summed E-state index contributed by atoms with van der Waals surface area (Å²) in [7, 11) is 0. The largest absolute Gasteiger partial charge is 0.466 e. The lowest BCUT2D eigenvalue weighted by Gasteiger charge is -2.16. The fourth-order valence-electron chi connectivity index (χ4n) is 3.39. The molecular weight excluding hydrogens is 408 g/mol. The maximum Gasteiger partial charge on any atom is 0.305 e. The lowest BCUT2D eigenvalue weighted by Crippen LogP contribution is -2.30. The summed E-state index contributed by atoms with van der Waals surface area (Å²) < 4.78 is 5.34. The van der Waals surface area contributed by atoms with Crippen molar-refractivity contribution in [3.8, 4) is 0 Å². The zero-order valence-corrected chi connectivity index (χ0v) is 18.2. The average Bonchev–Trinajstić information content (AvgIpc) is 3.13. The fraction of sp³-hybridized carbons (Fsp3) is 0.429. The van der Waals surface area contributed by atoms with Crippen LogP contribution in [0.25, 0.3) is 5.57 Å². The molecule has 0 N–H and O–H groups in total. The first kappa shape index (κ1) is 21.5. The molecule has 3 rings (SSSR count). The van der Waals surface area contributed by atoms with Crippen molar-refractivity contribution in [3.05, 3.63) is 34.7 Å². The molecule has 1 fully saturated rings. The van der Waals surface area contributed by atoms with E-state index >= 15 is 0 Å². The quantitative estimate of drug-likeness (QED) is 0.354. The van der Waals surface area contributed by atoms with Crippen LogP contribution >= 0.6 is 24.0 Å². The van der Waals surface area contributed by atoms with Crippen LogP contribution in [0.15, 0.2) is 29.2 Å². The van der Waals surface area contributed by atoms with Crippen LogP contribution in [0.3, 0.4) is 0 Å². The maximum atomic E-state index is 13.2. The van der Waals surface area contributed by atoms with Gasteiger partial charge in [0.2, 0.25) is 0 Å². The number of unbranched alkanes of at least 4 members (excludes halogenated alkanes) is 1. The molecule has 8 heteroatoms. The van der Waals surface area contributed by atoms with E-state index in [9.17, 15) is 14.4 Å². The number of benzene rings is 1. The van der Waals surface area contributed by atoms with Crippen molar-refractivity contribution < 1.29 is 19.1 Å². The molecule has 0 atom stereocenters. The molecule has 2 aliphatic rings. The van der Waals surface area contributed by atoms with Gasteiger partial charge in [-0.15, -0.1) is 0 Å². The van der Waals surface area contributed by atoms with Crippen LogP contribution in [0, 0.1) is 0 Å². The Hall–Kier alpha value is -2.19. The molecule has 29 heavy (non-hydrogen) atoms. The number of ether oxygens (including phenoxy) is 1. The second kappa shape index (κ2) is 9.54. The molecule has 0 spiro atoms. The van der Waals surface area contributed by atoms with E-state index in [1.54, 1.807) is 11.8 Å². The van der Waals surface area contributed by atoms with E-state index in [1.165, 1.54) is 16.7 Å². The number of carbonyl (C=O) groups is 3. The number of hydrogen-bond acceptors (Lipinski definition) is 6. The summed E-state index contributed by atoms with van der Waals surface area (Å²) >= 11 is 6.55. The standard InChI is InChI=1S/C21H24N2O4S2/c1-3-5-12-22-15-10-7-6-9-14(15)17(19(22)25)18-20(26)23(21(28)29-18)13-8-11-16(24)27-4-2/h6-7,9-10H,3-5,8,11-13H2,1-2H3/b18-17-. The van der Waals surface area contributed by atoms with Crippen molar-refractivity contribution >= 4 is 57.3 Å². The van der Waals surface area contributed by atoms with Crippen LogP contribution in [0.4, 0.5) is 5.69 Å². The molecule has 0 bridgehead atoms. The monoisotopic (exact) mass is 432 g/mol. The zero-order chi connectivity index (χ0) is 21.0. The van der Waals surface area contributed by atoms with Crippen LogP contribution in [-0.4, -0.2) is 46.7 Å². The van der Waals surface area contributed by atoms with Gasteiger partial charge < -0.3 is 9.64 Å². The van der Waals surface area contributed by atoms with Crippen molar-refractivity contribution in [1.82, 2.24) is 4.90 Å². The summed E-state index contributed by atoms with van der Waals surface area (Å²) in [6, 6.07) is 7.56. The van der Waals surface area contributed by atoms with E-state index in [2.05, 4.69) is 6.92 Å². The fourth-order valence-corrected chi connectivity index (χ4v) is 4.77. The van der Waals surface area contributed by atoms with Crippen LogP contribution in [0.5, 0.6) is 0 Å². The van der Waals surface area contributed by atoms with Gasteiger partial charge in [0.15, 0.2) is 0 Å². The Balaban J connectivity index is 1.83. The first-order valence-corrected chi connectivity index (χ1v) is 11.1. The minimum atomic E-state index is -0.289. The minimum absolute atomic E-state index is 0.147. The summed E-state index contributed by atoms with van der Waals surface area (Å²) in [6.45, 7) is 5.12. The number of rotatable bonds is 8. The molecule has 1 aromatic carbocycles. The summed E-state index contributed by atoms with van der Waals surface area (Å²) in [5, 5.41) is 0. The van der Waals surface area contributed by atoms with Gasteiger partial charge in [0, 0.05) is 25.1 Å². The van der Waals surface area contributed by atoms with Gasteiger partial charge in [-0.05, 0) is 25.8 Å². The smallest absolute Gasteiger partial charge is 0.305 e. The molecule has 0 unspecified atom stereocenters. The number of anilines is 1. The molecule has 2 heterocycles. The molecule has 0 aromatic heterocycles. The Morgan fingerprint density at radius 3 is 2.52 bits per heavy atom. The third kappa shape index (κ3) is 4.38. The zero-order valence-electron chi connectivity index (χ0n) is 16.6. The Morgan fingerprint density at radius 2 is 1.79 bits per heavy atom. The van der Waals surface area contributed by atoms with E-state index in [-0.39, 0.29) is 24.2 Å². The lowest BCUT2D eigenvalue weighted by atomic mass is 10.1. The van der Waals surface area contributed by atoms with Crippen molar-refractivity contribution in [1.29, 1.82) is 0 Å². The third-order valence-electron chi connectivity index (χ3n) is 4.80.